The molecule has 128 valence electrons. The first-order valence-electron chi connectivity index (χ1n) is 8.33. The quantitative estimate of drug-likeness (QED) is 0.645. The molecular formula is C18H28N2O3. The van der Waals surface area contributed by atoms with Crippen LogP contribution in [-0.4, -0.2) is 39.4 Å². The van der Waals surface area contributed by atoms with Crippen molar-refractivity contribution in [3.63, 3.8) is 0 Å². The van der Waals surface area contributed by atoms with Gasteiger partial charge in [-0.1, -0.05) is 13.0 Å². The Morgan fingerprint density at radius 3 is 2.70 bits per heavy atom. The van der Waals surface area contributed by atoms with Gasteiger partial charge in [-0.25, -0.2) is 0 Å². The van der Waals surface area contributed by atoms with Gasteiger partial charge in [0.2, 0.25) is 0 Å². The molecule has 1 aromatic rings. The molecule has 1 fully saturated rings. The van der Waals surface area contributed by atoms with Crippen LogP contribution in [0.25, 0.3) is 0 Å². The molecule has 0 bridgehead atoms. The number of ether oxygens (including phenoxy) is 2. The van der Waals surface area contributed by atoms with Crippen LogP contribution >= 0.6 is 0 Å². The normalized spacial score (nSPS) is 16.8. The van der Waals surface area contributed by atoms with Gasteiger partial charge in [-0.3, -0.25) is 4.79 Å². The van der Waals surface area contributed by atoms with E-state index in [-0.39, 0.29) is 11.9 Å². The monoisotopic (exact) mass is 320 g/mol. The first kappa shape index (κ1) is 17.6. The van der Waals surface area contributed by atoms with Crippen LogP contribution in [0.15, 0.2) is 18.2 Å². The van der Waals surface area contributed by atoms with Gasteiger partial charge in [0, 0.05) is 26.3 Å². The molecular weight excluding hydrogens is 292 g/mol. The number of nitrogens with zero attached hydrogens (tertiary/aromatic N) is 1. The highest BCUT2D eigenvalue weighted by Crippen LogP contribution is 2.32. The maximum atomic E-state index is 11.5. The molecule has 5 heteroatoms. The van der Waals surface area contributed by atoms with Crippen molar-refractivity contribution in [1.29, 1.82) is 0 Å². The maximum Gasteiger partial charge on any atom is 0.306 e. The molecule has 23 heavy (non-hydrogen) atoms. The van der Waals surface area contributed by atoms with Crippen molar-refractivity contribution in [2.45, 2.75) is 44.6 Å². The molecule has 0 amide bonds. The SMILES string of the molecule is CCC(CC(=O)OC)c1ccc(N(C)C2CCOCC2)c(N)c1. The molecule has 0 aromatic heterocycles. The predicted molar refractivity (Wildman–Crippen MR) is 92.8 cm³/mol. The van der Waals surface area contributed by atoms with Gasteiger partial charge in [0.1, 0.15) is 0 Å². The van der Waals surface area contributed by atoms with Crippen molar-refractivity contribution in [2.75, 3.05) is 38.0 Å². The van der Waals surface area contributed by atoms with Gasteiger partial charge in [-0.2, -0.15) is 0 Å². The minimum Gasteiger partial charge on any atom is -0.469 e. The lowest BCUT2D eigenvalue weighted by Crippen LogP contribution is -2.37. The van der Waals surface area contributed by atoms with E-state index in [1.807, 2.05) is 6.07 Å². The van der Waals surface area contributed by atoms with E-state index in [1.54, 1.807) is 0 Å². The molecule has 1 aliphatic heterocycles. The highest BCUT2D eigenvalue weighted by atomic mass is 16.5. The van der Waals surface area contributed by atoms with Gasteiger partial charge in [0.25, 0.3) is 0 Å². The van der Waals surface area contributed by atoms with Crippen LogP contribution in [0.1, 0.15) is 44.1 Å². The molecule has 1 atom stereocenters. The summed E-state index contributed by atoms with van der Waals surface area (Å²) in [4.78, 5) is 13.8. The summed E-state index contributed by atoms with van der Waals surface area (Å²) in [6, 6.07) is 6.62. The third-order valence-corrected chi connectivity index (χ3v) is 4.78. The van der Waals surface area contributed by atoms with E-state index in [1.165, 1.54) is 7.11 Å². The van der Waals surface area contributed by atoms with Gasteiger partial charge in [-0.15, -0.1) is 0 Å². The number of anilines is 2. The Kier molecular flexibility index (Phi) is 6.28. The molecule has 1 saturated heterocycles. The van der Waals surface area contributed by atoms with Crippen LogP contribution in [0.4, 0.5) is 11.4 Å². The molecule has 5 nitrogen and oxygen atoms in total. The summed E-state index contributed by atoms with van der Waals surface area (Å²) < 4.78 is 10.2. The number of esters is 1. The first-order chi connectivity index (χ1) is 11.1. The summed E-state index contributed by atoms with van der Waals surface area (Å²) in [7, 11) is 3.52. The zero-order valence-corrected chi connectivity index (χ0v) is 14.4. The number of rotatable bonds is 6. The zero-order chi connectivity index (χ0) is 16.8. The Hall–Kier alpha value is -1.75. The molecule has 1 aliphatic rings. The highest BCUT2D eigenvalue weighted by molar-refractivity contribution is 5.72. The number of methoxy groups -OCH3 is 1. The zero-order valence-electron chi connectivity index (χ0n) is 14.4. The fourth-order valence-corrected chi connectivity index (χ4v) is 3.20. The highest BCUT2D eigenvalue weighted by Gasteiger charge is 2.21. The summed E-state index contributed by atoms with van der Waals surface area (Å²) in [5, 5.41) is 0. The van der Waals surface area contributed by atoms with Crippen molar-refractivity contribution < 1.29 is 14.3 Å². The van der Waals surface area contributed by atoms with E-state index in [9.17, 15) is 4.79 Å². The van der Waals surface area contributed by atoms with Gasteiger partial charge in [0.15, 0.2) is 0 Å². The molecule has 1 aromatic carbocycles. The third-order valence-electron chi connectivity index (χ3n) is 4.78. The number of nitrogens with two attached hydrogens (primary N) is 1. The number of benzene rings is 1. The predicted octanol–water partition coefficient (Wildman–Crippen LogP) is 2.94. The van der Waals surface area contributed by atoms with Crippen molar-refractivity contribution >= 4 is 17.3 Å². The average molecular weight is 320 g/mol. The standard InChI is InChI=1S/C18H28N2O3/c1-4-13(12-18(21)22-3)14-5-6-17(16(19)11-14)20(2)15-7-9-23-10-8-15/h5-6,11,13,15H,4,7-10,12,19H2,1-3H3. The Morgan fingerprint density at radius 2 is 2.13 bits per heavy atom. The maximum absolute atomic E-state index is 11.5. The minimum absolute atomic E-state index is 0.146. The molecule has 2 rings (SSSR count). The van der Waals surface area contributed by atoms with Crippen LogP contribution in [0.5, 0.6) is 0 Å². The lowest BCUT2D eigenvalue weighted by atomic mass is 9.92. The summed E-state index contributed by atoms with van der Waals surface area (Å²) in [6.07, 6.45) is 3.32. The van der Waals surface area contributed by atoms with E-state index in [2.05, 4.69) is 31.0 Å². The Balaban J connectivity index is 2.14. The van der Waals surface area contributed by atoms with Crippen molar-refractivity contribution in [3.05, 3.63) is 23.8 Å². The van der Waals surface area contributed by atoms with E-state index in [0.717, 1.165) is 49.4 Å². The summed E-state index contributed by atoms with van der Waals surface area (Å²) >= 11 is 0. The van der Waals surface area contributed by atoms with Gasteiger partial charge in [0.05, 0.1) is 24.9 Å². The van der Waals surface area contributed by atoms with Crippen LogP contribution in [-0.2, 0) is 14.3 Å². The van der Waals surface area contributed by atoms with Crippen molar-refractivity contribution in [2.24, 2.45) is 0 Å². The van der Waals surface area contributed by atoms with E-state index >= 15 is 0 Å². The largest absolute Gasteiger partial charge is 0.469 e. The van der Waals surface area contributed by atoms with Crippen molar-refractivity contribution in [3.8, 4) is 0 Å². The lowest BCUT2D eigenvalue weighted by Gasteiger charge is -2.34. The van der Waals surface area contributed by atoms with Gasteiger partial charge >= 0.3 is 5.97 Å². The fourth-order valence-electron chi connectivity index (χ4n) is 3.20. The van der Waals surface area contributed by atoms with Gasteiger partial charge in [-0.05, 0) is 42.9 Å². The van der Waals surface area contributed by atoms with Crippen LogP contribution in [0.3, 0.4) is 0 Å². The van der Waals surface area contributed by atoms with Crippen LogP contribution in [0, 0.1) is 0 Å². The Labute approximate surface area is 138 Å². The van der Waals surface area contributed by atoms with E-state index in [4.69, 9.17) is 15.2 Å². The average Bonchev–Trinajstić information content (AvgIpc) is 2.59. The van der Waals surface area contributed by atoms with Crippen molar-refractivity contribution in [1.82, 2.24) is 0 Å². The summed E-state index contributed by atoms with van der Waals surface area (Å²) in [5.74, 6) is -0.0361. The second-order valence-electron chi connectivity index (χ2n) is 6.16. The fraction of sp³-hybridized carbons (Fsp3) is 0.611. The number of carbonyl (C=O) groups excluding carboxylic acids is 1. The summed E-state index contributed by atoms with van der Waals surface area (Å²) in [6.45, 7) is 3.69. The molecule has 0 radical (unpaired) electrons. The van der Waals surface area contributed by atoms with E-state index < -0.39 is 0 Å². The Bertz CT molecular complexity index is 527. The minimum atomic E-state index is -0.182. The summed E-state index contributed by atoms with van der Waals surface area (Å²) in [5.41, 5.74) is 9.21. The number of carbonyl (C=O) groups is 1. The Morgan fingerprint density at radius 1 is 1.43 bits per heavy atom. The molecule has 2 N–H and O–H groups in total. The number of nitrogen functional groups attached to an aromatic ring is 1. The van der Waals surface area contributed by atoms with E-state index in [0.29, 0.717) is 12.5 Å². The second-order valence-corrected chi connectivity index (χ2v) is 6.16. The molecule has 0 saturated carbocycles. The number of hydrogen-bond acceptors (Lipinski definition) is 5. The smallest absolute Gasteiger partial charge is 0.306 e. The second kappa shape index (κ2) is 8.20. The molecule has 0 aliphatic carbocycles. The molecule has 1 unspecified atom stereocenters. The van der Waals surface area contributed by atoms with Crippen LogP contribution < -0.4 is 10.6 Å². The lowest BCUT2D eigenvalue weighted by molar-refractivity contribution is -0.141. The molecule has 0 spiro atoms. The van der Waals surface area contributed by atoms with Gasteiger partial charge < -0.3 is 20.1 Å². The topological polar surface area (TPSA) is 64.8 Å². The third kappa shape index (κ3) is 4.38. The number of hydrogen-bond donors (Lipinski definition) is 1. The van der Waals surface area contributed by atoms with Crippen LogP contribution in [0.2, 0.25) is 0 Å². The molecule has 1 heterocycles. The first-order valence-corrected chi connectivity index (χ1v) is 8.33.